The van der Waals surface area contributed by atoms with Gasteiger partial charge in [-0.2, -0.15) is 0 Å². The van der Waals surface area contributed by atoms with Crippen LogP contribution in [-0.4, -0.2) is 41.1 Å². The number of aliphatic hydroxyl groups excluding tert-OH is 2. The van der Waals surface area contributed by atoms with Crippen molar-refractivity contribution in [3.05, 3.63) is 54.1 Å². The summed E-state index contributed by atoms with van der Waals surface area (Å²) in [6.45, 7) is -0.127. The van der Waals surface area contributed by atoms with Crippen molar-refractivity contribution < 1.29 is 37.7 Å². The van der Waals surface area contributed by atoms with Gasteiger partial charge in [-0.1, -0.05) is 30.0 Å². The van der Waals surface area contributed by atoms with Crippen LogP contribution in [-0.2, 0) is 11.4 Å². The number of hydrogen-bond acceptors (Lipinski definition) is 6. The van der Waals surface area contributed by atoms with E-state index in [1.807, 2.05) is 0 Å². The Morgan fingerprint density at radius 2 is 1.86 bits per heavy atom. The summed E-state index contributed by atoms with van der Waals surface area (Å²) in [6, 6.07) is 11.9. The maximum Gasteiger partial charge on any atom is 0.573 e. The highest BCUT2D eigenvalue weighted by Crippen LogP contribution is 2.29. The van der Waals surface area contributed by atoms with Crippen LogP contribution < -0.4 is 14.8 Å². The quantitative estimate of drug-likeness (QED) is 0.396. The van der Waals surface area contributed by atoms with Gasteiger partial charge in [-0.25, -0.2) is 0 Å². The molecule has 0 heterocycles. The van der Waals surface area contributed by atoms with Crippen molar-refractivity contribution in [1.82, 2.24) is 5.32 Å². The lowest BCUT2D eigenvalue weighted by molar-refractivity contribution is -0.274. The number of aliphatic hydroxyl groups is 2. The smallest absolute Gasteiger partial charge is 0.484 e. The third kappa shape index (κ3) is 9.07. The summed E-state index contributed by atoms with van der Waals surface area (Å²) in [5, 5.41) is 21.5. The van der Waals surface area contributed by atoms with Gasteiger partial charge in [0, 0.05) is 17.9 Å². The van der Waals surface area contributed by atoms with Crippen LogP contribution >= 0.6 is 11.8 Å². The molecule has 0 bridgehead atoms. The summed E-state index contributed by atoms with van der Waals surface area (Å²) in [6.07, 6.45) is -4.60. The van der Waals surface area contributed by atoms with Gasteiger partial charge < -0.3 is 25.0 Å². The number of carbonyl (C=O) groups is 1. The van der Waals surface area contributed by atoms with Crippen molar-refractivity contribution >= 4 is 17.7 Å². The first-order valence-corrected chi connectivity index (χ1v) is 9.43. The summed E-state index contributed by atoms with van der Waals surface area (Å²) in [7, 11) is 0. The Balaban J connectivity index is 1.69. The molecule has 29 heavy (non-hydrogen) atoms. The fourth-order valence-corrected chi connectivity index (χ4v) is 3.08. The first kappa shape index (κ1) is 22.9. The van der Waals surface area contributed by atoms with Crippen LogP contribution in [0.15, 0.2) is 53.4 Å². The van der Waals surface area contributed by atoms with E-state index in [4.69, 9.17) is 9.84 Å². The molecule has 0 radical (unpaired) electrons. The van der Waals surface area contributed by atoms with Crippen LogP contribution in [0.1, 0.15) is 12.0 Å². The number of thioether (sulfide) groups is 1. The molecular formula is C19H20F3NO5S. The zero-order valence-electron chi connectivity index (χ0n) is 15.2. The van der Waals surface area contributed by atoms with Crippen LogP contribution in [0.4, 0.5) is 13.2 Å². The summed E-state index contributed by atoms with van der Waals surface area (Å²) in [5.74, 6) is -0.268. The van der Waals surface area contributed by atoms with Gasteiger partial charge in [0.1, 0.15) is 16.9 Å². The number of halogens is 3. The highest BCUT2D eigenvalue weighted by Gasteiger charge is 2.31. The fourth-order valence-electron chi connectivity index (χ4n) is 2.19. The van der Waals surface area contributed by atoms with E-state index < -0.39 is 11.8 Å². The second-order valence-electron chi connectivity index (χ2n) is 5.82. The molecule has 6 nitrogen and oxygen atoms in total. The summed E-state index contributed by atoms with van der Waals surface area (Å²) in [4.78, 5) is 12.2. The van der Waals surface area contributed by atoms with Crippen molar-refractivity contribution in [2.45, 2.75) is 29.7 Å². The molecule has 1 amide bonds. The molecule has 0 aliphatic heterocycles. The number of alkyl halides is 3. The lowest BCUT2D eigenvalue weighted by Crippen LogP contribution is -2.31. The molecule has 2 aromatic carbocycles. The van der Waals surface area contributed by atoms with Gasteiger partial charge in [0.15, 0.2) is 6.61 Å². The van der Waals surface area contributed by atoms with Gasteiger partial charge >= 0.3 is 6.36 Å². The molecule has 10 heteroatoms. The van der Waals surface area contributed by atoms with Gasteiger partial charge in [-0.3, -0.25) is 4.79 Å². The van der Waals surface area contributed by atoms with Crippen LogP contribution in [0.2, 0.25) is 0 Å². The van der Waals surface area contributed by atoms with Gasteiger partial charge in [-0.15, -0.1) is 13.2 Å². The minimum Gasteiger partial charge on any atom is -0.484 e. The second-order valence-corrected chi connectivity index (χ2v) is 7.08. The Morgan fingerprint density at radius 3 is 2.52 bits per heavy atom. The summed E-state index contributed by atoms with van der Waals surface area (Å²) >= 11 is 0.954. The third-order valence-corrected chi connectivity index (χ3v) is 4.53. The van der Waals surface area contributed by atoms with Gasteiger partial charge in [-0.05, 0) is 35.9 Å². The fraction of sp³-hybridized carbons (Fsp3) is 0.316. The number of ether oxygens (including phenoxy) is 2. The van der Waals surface area contributed by atoms with E-state index in [0.29, 0.717) is 10.6 Å². The van der Waals surface area contributed by atoms with Crippen molar-refractivity contribution in [2.75, 3.05) is 13.2 Å². The third-order valence-electron chi connectivity index (χ3n) is 3.50. The first-order valence-electron chi connectivity index (χ1n) is 8.55. The molecular weight excluding hydrogens is 411 g/mol. The average Bonchev–Trinajstić information content (AvgIpc) is 2.65. The summed E-state index contributed by atoms with van der Waals surface area (Å²) in [5.41, 5.74) is -0.202. The van der Waals surface area contributed by atoms with Crippen molar-refractivity contribution in [3.63, 3.8) is 0 Å². The van der Waals surface area contributed by atoms with E-state index >= 15 is 0 Å². The largest absolute Gasteiger partial charge is 0.573 e. The second kappa shape index (κ2) is 10.9. The molecule has 1 atom stereocenters. The van der Waals surface area contributed by atoms with Crippen molar-refractivity contribution in [3.8, 4) is 11.5 Å². The van der Waals surface area contributed by atoms with Gasteiger partial charge in [0.2, 0.25) is 0 Å². The minimum atomic E-state index is -4.78. The number of hydrogen-bond donors (Lipinski definition) is 3. The number of amides is 1. The molecule has 0 saturated heterocycles. The maximum absolute atomic E-state index is 12.2. The van der Waals surface area contributed by atoms with E-state index in [-0.39, 0.29) is 37.8 Å². The molecule has 3 N–H and O–H groups in total. The zero-order chi connectivity index (χ0) is 21.3. The normalized spacial score (nSPS) is 12.3. The molecule has 0 aliphatic carbocycles. The van der Waals surface area contributed by atoms with E-state index in [0.717, 1.165) is 17.3 Å². The van der Waals surface area contributed by atoms with Crippen LogP contribution in [0.5, 0.6) is 11.5 Å². The Bertz CT molecular complexity index is 786. The first-order chi connectivity index (χ1) is 13.7. The predicted octanol–water partition coefficient (Wildman–Crippen LogP) is 3.07. The summed E-state index contributed by atoms with van der Waals surface area (Å²) < 4.78 is 45.9. The van der Waals surface area contributed by atoms with E-state index in [2.05, 4.69) is 10.1 Å². The van der Waals surface area contributed by atoms with Crippen molar-refractivity contribution in [2.24, 2.45) is 0 Å². The monoisotopic (exact) mass is 431 g/mol. The Kier molecular flexibility index (Phi) is 8.62. The van der Waals surface area contributed by atoms with E-state index in [1.54, 1.807) is 30.3 Å². The zero-order valence-corrected chi connectivity index (χ0v) is 16.0. The Hall–Kier alpha value is -2.43. The minimum absolute atomic E-state index is 0.0826. The van der Waals surface area contributed by atoms with Crippen molar-refractivity contribution in [1.29, 1.82) is 0 Å². The number of benzene rings is 2. The molecule has 0 aliphatic rings. The highest BCUT2D eigenvalue weighted by molar-refractivity contribution is 7.99. The molecule has 0 spiro atoms. The van der Waals surface area contributed by atoms with Gasteiger partial charge in [0.05, 0.1) is 6.61 Å². The standard InChI is InChI=1S/C19H20F3NO5S/c20-19(21,22)28-15-2-1-3-16(10-15)29-18(26)8-9-23-17(25)12-27-14-6-4-13(11-24)5-7-14/h1-7,10,18,24,26H,8-9,11-12H2,(H,23,25). The number of carbonyl (C=O) groups excluding carboxylic acids is 1. The van der Waals surface area contributed by atoms with Crippen LogP contribution in [0.3, 0.4) is 0 Å². The predicted molar refractivity (Wildman–Crippen MR) is 100 cm³/mol. The molecule has 0 aromatic heterocycles. The Labute approximate surface area is 169 Å². The maximum atomic E-state index is 12.2. The number of rotatable bonds is 10. The molecule has 0 saturated carbocycles. The van der Waals surface area contributed by atoms with E-state index in [1.165, 1.54) is 18.2 Å². The molecule has 1 unspecified atom stereocenters. The topological polar surface area (TPSA) is 88.0 Å². The van der Waals surface area contributed by atoms with E-state index in [9.17, 15) is 23.1 Å². The van der Waals surface area contributed by atoms with Gasteiger partial charge in [0.25, 0.3) is 5.91 Å². The molecule has 2 aromatic rings. The molecule has 2 rings (SSSR count). The lowest BCUT2D eigenvalue weighted by atomic mass is 10.2. The molecule has 158 valence electrons. The SMILES string of the molecule is O=C(COc1ccc(CO)cc1)NCCC(O)Sc1cccc(OC(F)(F)F)c1. The van der Waals surface area contributed by atoms with Crippen LogP contribution in [0, 0.1) is 0 Å². The Morgan fingerprint density at radius 1 is 1.14 bits per heavy atom. The highest BCUT2D eigenvalue weighted by atomic mass is 32.2. The lowest BCUT2D eigenvalue weighted by Gasteiger charge is -2.13. The molecule has 0 fully saturated rings. The van der Waals surface area contributed by atoms with Crippen LogP contribution in [0.25, 0.3) is 0 Å². The number of nitrogens with one attached hydrogen (secondary N) is 1. The average molecular weight is 431 g/mol.